The summed E-state index contributed by atoms with van der Waals surface area (Å²) < 4.78 is 6.02. The van der Waals surface area contributed by atoms with Gasteiger partial charge in [0.05, 0.1) is 24.5 Å². The molecule has 1 aliphatic carbocycles. The summed E-state index contributed by atoms with van der Waals surface area (Å²) in [5, 5.41) is 39.7. The first-order chi connectivity index (χ1) is 15.3. The molecule has 9 nitrogen and oxygen atoms in total. The van der Waals surface area contributed by atoms with Crippen LogP contribution in [-0.2, 0) is 19.1 Å². The minimum absolute atomic E-state index is 0.0520. The Morgan fingerprint density at radius 2 is 1.81 bits per heavy atom. The number of amides is 2. The van der Waals surface area contributed by atoms with Crippen molar-refractivity contribution in [2.45, 2.75) is 50.4 Å². The van der Waals surface area contributed by atoms with Gasteiger partial charge >= 0.3 is 5.97 Å². The van der Waals surface area contributed by atoms with E-state index in [-0.39, 0.29) is 43.6 Å². The second-order valence-corrected chi connectivity index (χ2v) is 9.07. The van der Waals surface area contributed by atoms with E-state index in [0.717, 1.165) is 5.56 Å². The van der Waals surface area contributed by atoms with Crippen LogP contribution in [0.2, 0.25) is 0 Å². The van der Waals surface area contributed by atoms with Crippen LogP contribution >= 0.6 is 0 Å². The van der Waals surface area contributed by atoms with Crippen LogP contribution in [0, 0.1) is 23.7 Å². The van der Waals surface area contributed by atoms with Crippen LogP contribution in [0.5, 0.6) is 5.75 Å². The van der Waals surface area contributed by atoms with Crippen molar-refractivity contribution in [1.82, 2.24) is 4.90 Å². The normalized spacial score (nSPS) is 33.9. The monoisotopic (exact) mass is 447 g/mol. The standard InChI is InChI=1S/C23H29NO8/c25-12-14-10-16-20(22(30)24(21(16)29)9-3-1-2-4-19(27)28)17-11-18(32-23(14,17)31)13-5-7-15(26)8-6-13/h5-8,14,16-18,20,25-26,31H,1-4,9-12H2,(H,27,28)/t14-,16+,17+,18+,20+,23-/m1/s1. The number of carboxylic acids is 1. The van der Waals surface area contributed by atoms with Gasteiger partial charge < -0.3 is 25.2 Å². The zero-order valence-corrected chi connectivity index (χ0v) is 17.7. The Labute approximate surface area is 185 Å². The third-order valence-corrected chi connectivity index (χ3v) is 7.21. The van der Waals surface area contributed by atoms with Gasteiger partial charge in [0.15, 0.2) is 5.79 Å². The summed E-state index contributed by atoms with van der Waals surface area (Å²) in [6, 6.07) is 6.43. The molecule has 2 amide bonds. The molecular formula is C23H29NO8. The molecule has 1 aromatic carbocycles. The number of aliphatic carboxylic acids is 1. The Morgan fingerprint density at radius 3 is 2.47 bits per heavy atom. The second-order valence-electron chi connectivity index (χ2n) is 9.07. The minimum Gasteiger partial charge on any atom is -0.508 e. The lowest BCUT2D eigenvalue weighted by Crippen LogP contribution is -2.54. The lowest BCUT2D eigenvalue weighted by atomic mass is 9.64. The summed E-state index contributed by atoms with van der Waals surface area (Å²) in [5.74, 6) is -5.74. The number of fused-ring (bicyclic) bond motifs is 3. The molecule has 2 aliphatic heterocycles. The van der Waals surface area contributed by atoms with Crippen molar-refractivity contribution in [3.8, 4) is 5.75 Å². The van der Waals surface area contributed by atoms with E-state index in [4.69, 9.17) is 9.84 Å². The van der Waals surface area contributed by atoms with Gasteiger partial charge in [-0.3, -0.25) is 19.3 Å². The third kappa shape index (κ3) is 3.89. The van der Waals surface area contributed by atoms with E-state index in [0.29, 0.717) is 25.7 Å². The number of benzene rings is 1. The Hall–Kier alpha value is -2.49. The molecule has 174 valence electrons. The van der Waals surface area contributed by atoms with E-state index in [9.17, 15) is 29.7 Å². The molecule has 3 fully saturated rings. The molecule has 3 aliphatic rings. The smallest absolute Gasteiger partial charge is 0.303 e. The average Bonchev–Trinajstić information content (AvgIpc) is 3.22. The van der Waals surface area contributed by atoms with Gasteiger partial charge in [-0.2, -0.15) is 0 Å². The molecule has 32 heavy (non-hydrogen) atoms. The molecule has 4 N–H and O–H groups in total. The van der Waals surface area contributed by atoms with Gasteiger partial charge in [-0.15, -0.1) is 0 Å². The largest absolute Gasteiger partial charge is 0.508 e. The lowest BCUT2D eigenvalue weighted by molar-refractivity contribution is -0.274. The first kappa shape index (κ1) is 22.7. The number of carbonyl (C=O) groups is 3. The molecule has 2 heterocycles. The molecule has 0 bridgehead atoms. The highest BCUT2D eigenvalue weighted by Crippen LogP contribution is 2.58. The number of aromatic hydroxyl groups is 1. The molecule has 0 radical (unpaired) electrons. The van der Waals surface area contributed by atoms with E-state index in [1.807, 2.05) is 0 Å². The topological polar surface area (TPSA) is 145 Å². The molecule has 9 heteroatoms. The number of imide groups is 1. The van der Waals surface area contributed by atoms with Crippen molar-refractivity contribution in [2.24, 2.45) is 23.7 Å². The quantitative estimate of drug-likeness (QED) is 0.346. The number of rotatable bonds is 8. The number of phenolic OH excluding ortho intramolecular Hbond substituents is 1. The fraction of sp³-hybridized carbons (Fsp3) is 0.609. The van der Waals surface area contributed by atoms with Crippen molar-refractivity contribution < 1.29 is 39.5 Å². The molecule has 1 saturated carbocycles. The summed E-state index contributed by atoms with van der Waals surface area (Å²) in [4.78, 5) is 38.2. The second kappa shape index (κ2) is 8.80. The van der Waals surface area contributed by atoms with Crippen LogP contribution in [0.1, 0.15) is 50.2 Å². The van der Waals surface area contributed by atoms with Gasteiger partial charge in [0.25, 0.3) is 0 Å². The summed E-state index contributed by atoms with van der Waals surface area (Å²) in [6.45, 7) is -0.142. The van der Waals surface area contributed by atoms with Crippen molar-refractivity contribution in [2.75, 3.05) is 13.2 Å². The maximum atomic E-state index is 13.2. The predicted molar refractivity (Wildman–Crippen MR) is 110 cm³/mol. The maximum absolute atomic E-state index is 13.2. The first-order valence-corrected chi connectivity index (χ1v) is 11.1. The minimum atomic E-state index is -1.72. The Morgan fingerprint density at radius 1 is 1.09 bits per heavy atom. The number of aliphatic hydroxyl groups excluding tert-OH is 1. The van der Waals surface area contributed by atoms with Crippen molar-refractivity contribution >= 4 is 17.8 Å². The van der Waals surface area contributed by atoms with Crippen molar-refractivity contribution in [3.05, 3.63) is 29.8 Å². The Balaban J connectivity index is 1.52. The molecule has 0 aromatic heterocycles. The summed E-state index contributed by atoms with van der Waals surface area (Å²) >= 11 is 0. The zero-order valence-electron chi connectivity index (χ0n) is 17.7. The van der Waals surface area contributed by atoms with Crippen LogP contribution in [0.3, 0.4) is 0 Å². The number of hydrogen-bond acceptors (Lipinski definition) is 7. The van der Waals surface area contributed by atoms with Gasteiger partial charge in [0.2, 0.25) is 11.8 Å². The number of nitrogens with zero attached hydrogens (tertiary/aromatic N) is 1. The van der Waals surface area contributed by atoms with E-state index < -0.39 is 41.5 Å². The molecule has 6 atom stereocenters. The van der Waals surface area contributed by atoms with E-state index in [2.05, 4.69) is 0 Å². The Bertz CT molecular complexity index is 886. The van der Waals surface area contributed by atoms with Crippen LogP contribution in [-0.4, -0.2) is 62.0 Å². The predicted octanol–water partition coefficient (Wildman–Crippen LogP) is 1.42. The fourth-order valence-electron chi connectivity index (χ4n) is 5.60. The van der Waals surface area contributed by atoms with E-state index in [1.165, 1.54) is 17.0 Å². The van der Waals surface area contributed by atoms with Crippen LogP contribution in [0.15, 0.2) is 24.3 Å². The maximum Gasteiger partial charge on any atom is 0.303 e. The molecular weight excluding hydrogens is 418 g/mol. The number of ether oxygens (including phenoxy) is 1. The average molecular weight is 447 g/mol. The fourth-order valence-corrected chi connectivity index (χ4v) is 5.60. The summed E-state index contributed by atoms with van der Waals surface area (Å²) in [6.07, 6.45) is 1.62. The highest BCUT2D eigenvalue weighted by Gasteiger charge is 2.66. The van der Waals surface area contributed by atoms with Crippen molar-refractivity contribution in [3.63, 3.8) is 0 Å². The number of carbonyl (C=O) groups excluding carboxylic acids is 2. The van der Waals surface area contributed by atoms with Gasteiger partial charge in [0, 0.05) is 24.8 Å². The van der Waals surface area contributed by atoms with Crippen LogP contribution in [0.4, 0.5) is 0 Å². The third-order valence-electron chi connectivity index (χ3n) is 7.21. The van der Waals surface area contributed by atoms with Gasteiger partial charge in [-0.1, -0.05) is 18.6 Å². The SMILES string of the molecule is O=C(O)CCCCCN1C(=O)[C@H]2[C@H](C[C@H](CO)[C@@]3(O)O[C@H](c4ccc(O)cc4)C[C@@H]23)C1=O. The summed E-state index contributed by atoms with van der Waals surface area (Å²) in [5.41, 5.74) is 0.742. The molecule has 1 aromatic rings. The number of likely N-dealkylation sites (tertiary alicyclic amines) is 1. The van der Waals surface area contributed by atoms with Crippen LogP contribution in [0.25, 0.3) is 0 Å². The number of unbranched alkanes of at least 4 members (excludes halogenated alkanes) is 2. The first-order valence-electron chi connectivity index (χ1n) is 11.1. The van der Waals surface area contributed by atoms with E-state index >= 15 is 0 Å². The molecule has 4 rings (SSSR count). The Kier molecular flexibility index (Phi) is 6.24. The number of phenols is 1. The molecule has 0 spiro atoms. The lowest BCUT2D eigenvalue weighted by Gasteiger charge is -2.44. The highest BCUT2D eigenvalue weighted by molar-refractivity contribution is 6.05. The zero-order chi connectivity index (χ0) is 23.0. The highest BCUT2D eigenvalue weighted by atomic mass is 16.6. The van der Waals surface area contributed by atoms with Gasteiger partial charge in [-0.05, 0) is 43.4 Å². The van der Waals surface area contributed by atoms with E-state index in [1.54, 1.807) is 12.1 Å². The van der Waals surface area contributed by atoms with Crippen LogP contribution < -0.4 is 0 Å². The summed E-state index contributed by atoms with van der Waals surface area (Å²) in [7, 11) is 0. The number of hydrogen-bond donors (Lipinski definition) is 4. The number of carboxylic acid groups (broad SMARTS) is 1. The number of aliphatic hydroxyl groups is 2. The van der Waals surface area contributed by atoms with Crippen molar-refractivity contribution in [1.29, 1.82) is 0 Å². The van der Waals surface area contributed by atoms with Gasteiger partial charge in [-0.25, -0.2) is 0 Å². The molecule has 0 unspecified atom stereocenters. The van der Waals surface area contributed by atoms with Gasteiger partial charge in [0.1, 0.15) is 5.75 Å². The molecule has 2 saturated heterocycles.